The fourth-order valence-corrected chi connectivity index (χ4v) is 3.06. The Morgan fingerprint density at radius 1 is 1.48 bits per heavy atom. The molecule has 128 valence electrons. The van der Waals surface area contributed by atoms with E-state index in [1.165, 1.54) is 7.11 Å². The maximum absolute atomic E-state index is 10.2. The largest absolute Gasteiger partial charge is 0.394 e. The Morgan fingerprint density at radius 3 is 2.83 bits per heavy atom. The zero-order valence-corrected chi connectivity index (χ0v) is 13.2. The smallest absolute Gasteiger partial charge is 0.271 e. The van der Waals surface area contributed by atoms with Crippen LogP contribution in [0.15, 0.2) is 11.3 Å². The number of anilines is 1. The minimum absolute atomic E-state index is 0.313. The van der Waals surface area contributed by atoms with Gasteiger partial charge in [-0.05, 0) is 0 Å². The van der Waals surface area contributed by atoms with Crippen molar-refractivity contribution in [1.82, 2.24) is 9.88 Å². The number of aromatic nitrogens is 2. The average molecular weight is 328 g/mol. The van der Waals surface area contributed by atoms with Crippen molar-refractivity contribution >= 4 is 11.8 Å². The lowest BCUT2D eigenvalue weighted by atomic mass is 10.1. The molecule has 0 spiro atoms. The van der Waals surface area contributed by atoms with Gasteiger partial charge in [0.05, 0.1) is 13.7 Å². The van der Waals surface area contributed by atoms with Gasteiger partial charge in [-0.3, -0.25) is 4.57 Å². The third kappa shape index (κ3) is 2.48. The number of nitrogens with zero attached hydrogens (tertiary/aromatic N) is 3. The summed E-state index contributed by atoms with van der Waals surface area (Å²) in [5.41, 5.74) is 0.595. The first-order chi connectivity index (χ1) is 11.0. The first-order valence-electron chi connectivity index (χ1n) is 7.27. The zero-order valence-electron chi connectivity index (χ0n) is 13.2. The van der Waals surface area contributed by atoms with Crippen LogP contribution in [0.5, 0.6) is 0 Å². The molecule has 3 heterocycles. The number of hydrogen-bond donors (Lipinski definition) is 5. The van der Waals surface area contributed by atoms with Crippen LogP contribution in [0.4, 0.5) is 5.82 Å². The number of fused-ring (bicyclic) bond motifs is 1. The highest BCUT2D eigenvalue weighted by Gasteiger charge is 2.49. The molecule has 1 aromatic heterocycles. The van der Waals surface area contributed by atoms with Crippen molar-refractivity contribution in [2.45, 2.75) is 30.8 Å². The van der Waals surface area contributed by atoms with Crippen LogP contribution in [0.2, 0.25) is 0 Å². The van der Waals surface area contributed by atoms with E-state index in [0.717, 1.165) is 0 Å². The van der Waals surface area contributed by atoms with Gasteiger partial charge < -0.3 is 30.1 Å². The summed E-state index contributed by atoms with van der Waals surface area (Å²) in [6, 6.07) is 0. The molecule has 2 aliphatic rings. The SMILES string of the molecule is CN=C1Nc2c(n(C)c[n+]2[C@@H]2O[C@H](CO)C(O)[C@@H]2OC)C(O)N1. The predicted molar refractivity (Wildman–Crippen MR) is 78.5 cm³/mol. The van der Waals surface area contributed by atoms with Crippen LogP contribution in [0.3, 0.4) is 0 Å². The molecule has 10 nitrogen and oxygen atoms in total. The molecule has 23 heavy (non-hydrogen) atoms. The maximum Gasteiger partial charge on any atom is 0.271 e. The van der Waals surface area contributed by atoms with Crippen molar-refractivity contribution in [1.29, 1.82) is 0 Å². The molecule has 1 saturated heterocycles. The van der Waals surface area contributed by atoms with Gasteiger partial charge in [0.1, 0.15) is 18.3 Å². The van der Waals surface area contributed by atoms with Crippen molar-refractivity contribution in [2.24, 2.45) is 12.0 Å². The van der Waals surface area contributed by atoms with Crippen LogP contribution in [-0.2, 0) is 16.5 Å². The second kappa shape index (κ2) is 6.06. The zero-order chi connectivity index (χ0) is 16.7. The van der Waals surface area contributed by atoms with Gasteiger partial charge in [0.2, 0.25) is 6.23 Å². The molecule has 3 rings (SSSR count). The summed E-state index contributed by atoms with van der Waals surface area (Å²) in [5, 5.41) is 35.7. The number of ether oxygens (including phenoxy) is 2. The number of guanidine groups is 1. The molecule has 0 bridgehead atoms. The molecule has 0 aromatic carbocycles. The van der Waals surface area contributed by atoms with E-state index in [1.807, 2.05) is 0 Å². The standard InChI is InChI=1S/C13H22N5O5/c1-14-13-15-10-7(11(21)16-13)17(2)5-18(10)12-9(22-3)8(20)6(4-19)23-12/h5-6,8-9,11-12,19-21H,4H2,1-3H3,(H2,14,15,16)/q+1/t6-,8?,9+,11?,12-/m1/s1. The van der Waals surface area contributed by atoms with Gasteiger partial charge in [-0.15, -0.1) is 0 Å². The lowest BCUT2D eigenvalue weighted by Crippen LogP contribution is -2.50. The summed E-state index contributed by atoms with van der Waals surface area (Å²) >= 11 is 0. The number of methoxy groups -OCH3 is 1. The van der Waals surface area contributed by atoms with Crippen molar-refractivity contribution in [2.75, 3.05) is 26.1 Å². The Labute approximate surface area is 133 Å². The van der Waals surface area contributed by atoms with Crippen LogP contribution in [0.25, 0.3) is 0 Å². The van der Waals surface area contributed by atoms with Crippen molar-refractivity contribution in [3.05, 3.63) is 12.0 Å². The van der Waals surface area contributed by atoms with Gasteiger partial charge in [0.25, 0.3) is 11.8 Å². The van der Waals surface area contributed by atoms with E-state index in [-0.39, 0.29) is 6.61 Å². The maximum atomic E-state index is 10.2. The second-order valence-corrected chi connectivity index (χ2v) is 5.55. The van der Waals surface area contributed by atoms with Crippen LogP contribution < -0.4 is 15.2 Å². The molecule has 0 aliphatic carbocycles. The van der Waals surface area contributed by atoms with Crippen molar-refractivity contribution in [3.63, 3.8) is 0 Å². The predicted octanol–water partition coefficient (Wildman–Crippen LogP) is -2.43. The number of aliphatic hydroxyl groups is 3. The quantitative estimate of drug-likeness (QED) is 0.391. The number of imidazole rings is 1. The van der Waals surface area contributed by atoms with E-state index in [4.69, 9.17) is 9.47 Å². The summed E-state index contributed by atoms with van der Waals surface area (Å²) in [7, 11) is 4.85. The normalized spacial score (nSPS) is 35.0. The average Bonchev–Trinajstić information content (AvgIpc) is 3.04. The molecule has 5 N–H and O–H groups in total. The van der Waals surface area contributed by atoms with Gasteiger partial charge in [-0.2, -0.15) is 0 Å². The van der Waals surface area contributed by atoms with Crippen LogP contribution in [-0.4, -0.2) is 64.9 Å². The number of aryl methyl sites for hydroxylation is 1. The fourth-order valence-electron chi connectivity index (χ4n) is 3.06. The third-order valence-corrected chi connectivity index (χ3v) is 4.21. The highest BCUT2D eigenvalue weighted by atomic mass is 16.6. The number of rotatable bonds is 3. The number of aliphatic hydroxyl groups excluding tert-OH is 3. The van der Waals surface area contributed by atoms with Crippen molar-refractivity contribution < 1.29 is 29.4 Å². The van der Waals surface area contributed by atoms with Gasteiger partial charge in [0, 0.05) is 14.2 Å². The summed E-state index contributed by atoms with van der Waals surface area (Å²) in [6.07, 6.45) is -2.21. The molecule has 2 unspecified atom stereocenters. The molecule has 5 atom stereocenters. The summed E-state index contributed by atoms with van der Waals surface area (Å²) in [6.45, 7) is -0.313. The van der Waals surface area contributed by atoms with E-state index in [2.05, 4.69) is 15.6 Å². The highest BCUT2D eigenvalue weighted by Crippen LogP contribution is 2.31. The molecule has 0 saturated carbocycles. The Bertz CT molecular complexity index is 618. The molecular weight excluding hydrogens is 306 g/mol. The topological polar surface area (TPSA) is 124 Å². The van der Waals surface area contributed by atoms with Gasteiger partial charge in [-0.1, -0.05) is 0 Å². The van der Waals surface area contributed by atoms with E-state index in [9.17, 15) is 15.3 Å². The molecule has 1 fully saturated rings. The van der Waals surface area contributed by atoms with Crippen molar-refractivity contribution in [3.8, 4) is 0 Å². The molecule has 0 amide bonds. The first kappa shape index (κ1) is 16.1. The first-order valence-corrected chi connectivity index (χ1v) is 7.27. The molecular formula is C13H22N5O5+. The number of aliphatic imine (C=N–C) groups is 1. The lowest BCUT2D eigenvalue weighted by molar-refractivity contribution is -0.753. The second-order valence-electron chi connectivity index (χ2n) is 5.55. The van der Waals surface area contributed by atoms with Gasteiger partial charge in [-0.25, -0.2) is 14.9 Å². The van der Waals surface area contributed by atoms with Gasteiger partial charge in [0.15, 0.2) is 18.2 Å². The molecule has 0 radical (unpaired) electrons. The van der Waals surface area contributed by atoms with Gasteiger partial charge >= 0.3 is 0 Å². The summed E-state index contributed by atoms with van der Waals surface area (Å²) in [4.78, 5) is 4.01. The Balaban J connectivity index is 2.03. The summed E-state index contributed by atoms with van der Waals surface area (Å²) < 4.78 is 14.5. The molecule has 2 aliphatic heterocycles. The molecule has 1 aromatic rings. The summed E-state index contributed by atoms with van der Waals surface area (Å²) in [5.74, 6) is 0.994. The number of hydrogen-bond acceptors (Lipinski definition) is 6. The Morgan fingerprint density at radius 2 is 2.22 bits per heavy atom. The van der Waals surface area contributed by atoms with E-state index in [1.54, 1.807) is 29.6 Å². The molecule has 10 heteroatoms. The lowest BCUT2D eigenvalue weighted by Gasteiger charge is -2.22. The van der Waals surface area contributed by atoms with Crippen LogP contribution >= 0.6 is 0 Å². The minimum Gasteiger partial charge on any atom is -0.394 e. The number of nitrogens with one attached hydrogen (secondary N) is 2. The Hall–Kier alpha value is -1.72. The minimum atomic E-state index is -0.954. The Kier molecular flexibility index (Phi) is 4.25. The van der Waals surface area contributed by atoms with E-state index in [0.29, 0.717) is 17.5 Å². The highest BCUT2D eigenvalue weighted by molar-refractivity contribution is 5.94. The van der Waals surface area contributed by atoms with E-state index >= 15 is 0 Å². The third-order valence-electron chi connectivity index (χ3n) is 4.21. The fraction of sp³-hybridized carbons (Fsp3) is 0.692. The van der Waals surface area contributed by atoms with Crippen LogP contribution in [0.1, 0.15) is 18.1 Å². The van der Waals surface area contributed by atoms with Crippen LogP contribution in [0, 0.1) is 0 Å². The van der Waals surface area contributed by atoms with E-state index < -0.39 is 30.8 Å². The monoisotopic (exact) mass is 328 g/mol.